The highest BCUT2D eigenvalue weighted by Gasteiger charge is 2.31. The Morgan fingerprint density at radius 1 is 1.10 bits per heavy atom. The van der Waals surface area contributed by atoms with E-state index in [4.69, 9.17) is 4.98 Å². The molecule has 1 aliphatic heterocycles. The zero-order chi connectivity index (χ0) is 21.5. The lowest BCUT2D eigenvalue weighted by molar-refractivity contribution is -0.133. The Morgan fingerprint density at radius 2 is 1.80 bits per heavy atom. The number of hydrogen-bond donors (Lipinski definition) is 1. The Labute approximate surface area is 180 Å². The smallest absolute Gasteiger partial charge is 0.254 e. The van der Waals surface area contributed by atoms with Crippen LogP contribution < -0.4 is 5.32 Å². The molecular weight excluding hydrogens is 378 g/mol. The quantitative estimate of drug-likeness (QED) is 0.740. The van der Waals surface area contributed by atoms with Gasteiger partial charge in [0.25, 0.3) is 5.91 Å². The number of piperidine rings is 1. The molecule has 3 rings (SSSR count). The third-order valence-corrected chi connectivity index (χ3v) is 6.51. The highest BCUT2D eigenvalue weighted by atomic mass is 16.2. The number of nitrogens with zero attached hydrogens (tertiary/aromatic N) is 4. The molecule has 2 amide bonds. The van der Waals surface area contributed by atoms with E-state index in [0.717, 1.165) is 57.4 Å². The van der Waals surface area contributed by atoms with Crippen molar-refractivity contribution >= 4 is 11.8 Å². The van der Waals surface area contributed by atoms with Gasteiger partial charge in [-0.15, -0.1) is 0 Å². The van der Waals surface area contributed by atoms with Crippen molar-refractivity contribution in [1.29, 1.82) is 0 Å². The molecule has 1 atom stereocenters. The van der Waals surface area contributed by atoms with Crippen LogP contribution in [0.2, 0.25) is 0 Å². The molecular formula is C23H37N5O2. The van der Waals surface area contributed by atoms with Gasteiger partial charge in [-0.2, -0.15) is 0 Å². The molecule has 166 valence electrons. The molecule has 2 heterocycles. The van der Waals surface area contributed by atoms with Crippen molar-refractivity contribution in [3.05, 3.63) is 23.3 Å². The second-order valence-electron chi connectivity index (χ2n) is 8.57. The third-order valence-electron chi connectivity index (χ3n) is 6.51. The number of likely N-dealkylation sites (N-methyl/N-ethyl adjacent to an activating group) is 1. The van der Waals surface area contributed by atoms with Gasteiger partial charge in [0.05, 0.1) is 23.8 Å². The summed E-state index contributed by atoms with van der Waals surface area (Å²) < 4.78 is 0. The van der Waals surface area contributed by atoms with Gasteiger partial charge in [-0.1, -0.05) is 25.7 Å². The van der Waals surface area contributed by atoms with E-state index < -0.39 is 0 Å². The van der Waals surface area contributed by atoms with Gasteiger partial charge in [-0.25, -0.2) is 9.97 Å². The average molecular weight is 416 g/mol. The highest BCUT2D eigenvalue weighted by molar-refractivity contribution is 5.95. The maximum absolute atomic E-state index is 13.1. The van der Waals surface area contributed by atoms with Gasteiger partial charge in [0.15, 0.2) is 0 Å². The predicted molar refractivity (Wildman–Crippen MR) is 117 cm³/mol. The van der Waals surface area contributed by atoms with Crippen LogP contribution in [-0.2, 0) is 4.79 Å². The summed E-state index contributed by atoms with van der Waals surface area (Å²) in [4.78, 5) is 39.0. The SMILES string of the molecule is CCN(CC)C(=O)CN1CCCC[C@H]1c1nc(C)ncc1C(=O)NC1CCCCC1. The van der Waals surface area contributed by atoms with E-state index in [0.29, 0.717) is 17.9 Å². The summed E-state index contributed by atoms with van der Waals surface area (Å²) in [5.74, 6) is 0.739. The molecule has 7 heteroatoms. The van der Waals surface area contributed by atoms with Gasteiger partial charge in [0.1, 0.15) is 5.82 Å². The molecule has 2 fully saturated rings. The fourth-order valence-electron chi connectivity index (χ4n) is 4.77. The first kappa shape index (κ1) is 22.7. The van der Waals surface area contributed by atoms with Crippen molar-refractivity contribution in [2.75, 3.05) is 26.2 Å². The molecule has 1 saturated heterocycles. The topological polar surface area (TPSA) is 78.4 Å². The average Bonchev–Trinajstić information content (AvgIpc) is 2.75. The van der Waals surface area contributed by atoms with Crippen LogP contribution >= 0.6 is 0 Å². The van der Waals surface area contributed by atoms with Gasteiger partial charge in [0.2, 0.25) is 5.91 Å². The summed E-state index contributed by atoms with van der Waals surface area (Å²) in [6.07, 6.45) is 10.4. The van der Waals surface area contributed by atoms with Crippen LogP contribution in [0, 0.1) is 6.92 Å². The Kier molecular flexibility index (Phi) is 8.19. The minimum atomic E-state index is -0.0718. The summed E-state index contributed by atoms with van der Waals surface area (Å²) in [7, 11) is 0. The number of likely N-dealkylation sites (tertiary alicyclic amines) is 1. The molecule has 0 spiro atoms. The van der Waals surface area contributed by atoms with E-state index in [9.17, 15) is 9.59 Å². The molecule has 1 N–H and O–H groups in total. The molecule has 0 unspecified atom stereocenters. The molecule has 1 aromatic rings. The largest absolute Gasteiger partial charge is 0.349 e. The Balaban J connectivity index is 1.81. The van der Waals surface area contributed by atoms with Gasteiger partial charge < -0.3 is 10.2 Å². The molecule has 0 radical (unpaired) electrons. The molecule has 1 aliphatic carbocycles. The summed E-state index contributed by atoms with van der Waals surface area (Å²) in [5, 5.41) is 3.21. The number of aromatic nitrogens is 2. The van der Waals surface area contributed by atoms with Gasteiger partial charge in [-0.3, -0.25) is 14.5 Å². The Hall–Kier alpha value is -2.02. The van der Waals surface area contributed by atoms with Crippen LogP contribution in [0.4, 0.5) is 0 Å². The second-order valence-corrected chi connectivity index (χ2v) is 8.57. The first-order chi connectivity index (χ1) is 14.5. The Morgan fingerprint density at radius 3 is 2.50 bits per heavy atom. The van der Waals surface area contributed by atoms with Crippen LogP contribution in [0.5, 0.6) is 0 Å². The van der Waals surface area contributed by atoms with Crippen LogP contribution in [0.3, 0.4) is 0 Å². The van der Waals surface area contributed by atoms with Crippen LogP contribution in [0.15, 0.2) is 6.20 Å². The second kappa shape index (κ2) is 10.8. The summed E-state index contributed by atoms with van der Waals surface area (Å²) >= 11 is 0. The van der Waals surface area contributed by atoms with Crippen molar-refractivity contribution in [2.45, 2.75) is 84.2 Å². The lowest BCUT2D eigenvalue weighted by Gasteiger charge is -2.36. The monoisotopic (exact) mass is 415 g/mol. The lowest BCUT2D eigenvalue weighted by Crippen LogP contribution is -2.44. The normalized spacial score (nSPS) is 20.7. The first-order valence-electron chi connectivity index (χ1n) is 11.7. The summed E-state index contributed by atoms with van der Waals surface area (Å²) in [5.41, 5.74) is 1.35. The van der Waals surface area contributed by atoms with E-state index in [1.165, 1.54) is 19.3 Å². The highest BCUT2D eigenvalue weighted by Crippen LogP contribution is 2.32. The summed E-state index contributed by atoms with van der Waals surface area (Å²) in [6, 6.07) is 0.221. The molecule has 30 heavy (non-hydrogen) atoms. The number of nitrogens with one attached hydrogen (secondary N) is 1. The Bertz CT molecular complexity index is 728. The number of hydrogen-bond acceptors (Lipinski definition) is 5. The van der Waals surface area contributed by atoms with Crippen molar-refractivity contribution in [1.82, 2.24) is 25.1 Å². The predicted octanol–water partition coefficient (Wildman–Crippen LogP) is 3.24. The van der Waals surface area contributed by atoms with Crippen LogP contribution in [0.1, 0.15) is 93.1 Å². The zero-order valence-electron chi connectivity index (χ0n) is 18.8. The fraction of sp³-hybridized carbons (Fsp3) is 0.739. The van der Waals surface area contributed by atoms with Crippen molar-refractivity contribution in [2.24, 2.45) is 0 Å². The molecule has 2 aliphatic rings. The number of rotatable bonds is 7. The van der Waals surface area contributed by atoms with Gasteiger partial charge in [-0.05, 0) is 53.0 Å². The van der Waals surface area contributed by atoms with E-state index >= 15 is 0 Å². The number of carbonyl (C=O) groups is 2. The molecule has 0 bridgehead atoms. The standard InChI is InChI=1S/C23H37N5O2/c1-4-27(5-2)21(29)16-28-14-10-9-13-20(28)22-19(15-24-17(3)25-22)23(30)26-18-11-7-6-8-12-18/h15,18,20H,4-14,16H2,1-3H3,(H,26,30)/t20-/m0/s1. The van der Waals surface area contributed by atoms with E-state index in [1.54, 1.807) is 6.20 Å². The minimum absolute atomic E-state index is 0.0212. The summed E-state index contributed by atoms with van der Waals surface area (Å²) in [6.45, 7) is 8.54. The number of amides is 2. The fourth-order valence-corrected chi connectivity index (χ4v) is 4.77. The zero-order valence-corrected chi connectivity index (χ0v) is 18.8. The molecule has 1 aromatic heterocycles. The van der Waals surface area contributed by atoms with Gasteiger partial charge >= 0.3 is 0 Å². The third kappa shape index (κ3) is 5.56. The van der Waals surface area contributed by atoms with E-state index in [2.05, 4.69) is 15.2 Å². The van der Waals surface area contributed by atoms with E-state index in [-0.39, 0.29) is 23.9 Å². The van der Waals surface area contributed by atoms with Crippen LogP contribution in [-0.4, -0.2) is 63.8 Å². The number of aryl methyl sites for hydroxylation is 1. The maximum Gasteiger partial charge on any atom is 0.254 e. The van der Waals surface area contributed by atoms with Crippen LogP contribution in [0.25, 0.3) is 0 Å². The van der Waals surface area contributed by atoms with Crippen molar-refractivity contribution < 1.29 is 9.59 Å². The van der Waals surface area contributed by atoms with Crippen molar-refractivity contribution in [3.63, 3.8) is 0 Å². The van der Waals surface area contributed by atoms with E-state index in [1.807, 2.05) is 25.7 Å². The van der Waals surface area contributed by atoms with Crippen molar-refractivity contribution in [3.8, 4) is 0 Å². The molecule has 1 saturated carbocycles. The lowest BCUT2D eigenvalue weighted by atomic mass is 9.94. The number of carbonyl (C=O) groups excluding carboxylic acids is 2. The minimum Gasteiger partial charge on any atom is -0.349 e. The maximum atomic E-state index is 13.1. The molecule has 0 aromatic carbocycles. The van der Waals surface area contributed by atoms with Gasteiger partial charge in [0, 0.05) is 25.3 Å². The molecule has 7 nitrogen and oxygen atoms in total. The first-order valence-corrected chi connectivity index (χ1v) is 11.7.